The summed E-state index contributed by atoms with van der Waals surface area (Å²) < 4.78 is 27.1. The predicted octanol–water partition coefficient (Wildman–Crippen LogP) is 4.60. The number of ketones is 1. The Morgan fingerprint density at radius 2 is 1.85 bits per heavy atom. The van der Waals surface area contributed by atoms with Crippen LogP contribution in [0.4, 0.5) is 8.78 Å². The maximum absolute atomic E-state index is 13.1. The number of Topliss-reactive ketones (excluding diaryl/α,β-unsaturated/α-hetero) is 1. The maximum atomic E-state index is 13.1. The second kappa shape index (κ2) is 5.13. The van der Waals surface area contributed by atoms with Crippen molar-refractivity contribution in [2.45, 2.75) is 6.42 Å². The molecule has 0 radical (unpaired) electrons. The van der Waals surface area contributed by atoms with Gasteiger partial charge in [-0.15, -0.1) is 11.3 Å². The first-order valence-corrected chi connectivity index (χ1v) is 6.96. The number of rotatable bonds is 3. The fourth-order valence-electron chi connectivity index (χ4n) is 2.11. The lowest BCUT2D eigenvalue weighted by Crippen LogP contribution is -2.04. The third kappa shape index (κ3) is 2.34. The third-order valence-corrected chi connectivity index (χ3v) is 4.17. The lowest BCUT2D eigenvalue weighted by molar-refractivity contribution is 0.0993. The molecule has 100 valence electrons. The third-order valence-electron chi connectivity index (χ3n) is 3.15. The fraction of sp³-hybridized carbons (Fsp3) is 0.0625. The van der Waals surface area contributed by atoms with E-state index in [1.807, 2.05) is 29.6 Å². The molecular formula is C16H10F2OS. The summed E-state index contributed by atoms with van der Waals surface area (Å²) in [5, 5.41) is 2.97. The van der Waals surface area contributed by atoms with Gasteiger partial charge in [0.2, 0.25) is 0 Å². The molecule has 1 aromatic heterocycles. The molecule has 0 amide bonds. The molecular weight excluding hydrogens is 278 g/mol. The van der Waals surface area contributed by atoms with Crippen LogP contribution in [0.2, 0.25) is 0 Å². The van der Waals surface area contributed by atoms with Gasteiger partial charge in [0.15, 0.2) is 17.4 Å². The summed E-state index contributed by atoms with van der Waals surface area (Å²) in [6, 6.07) is 11.1. The maximum Gasteiger partial charge on any atom is 0.167 e. The van der Waals surface area contributed by atoms with Crippen molar-refractivity contribution >= 4 is 27.2 Å². The Kier molecular flexibility index (Phi) is 3.32. The second-order valence-corrected chi connectivity index (χ2v) is 5.40. The molecule has 0 aliphatic heterocycles. The van der Waals surface area contributed by atoms with E-state index in [0.717, 1.165) is 27.8 Å². The van der Waals surface area contributed by atoms with Gasteiger partial charge in [0.1, 0.15) is 0 Å². The van der Waals surface area contributed by atoms with Crippen LogP contribution in [-0.4, -0.2) is 5.78 Å². The average Bonchev–Trinajstić information content (AvgIpc) is 2.85. The van der Waals surface area contributed by atoms with Crippen LogP contribution in [0, 0.1) is 11.6 Å². The van der Waals surface area contributed by atoms with Gasteiger partial charge < -0.3 is 0 Å². The average molecular weight is 288 g/mol. The first-order valence-electron chi connectivity index (χ1n) is 6.08. The van der Waals surface area contributed by atoms with Crippen LogP contribution in [0.5, 0.6) is 0 Å². The first-order chi connectivity index (χ1) is 9.65. The van der Waals surface area contributed by atoms with E-state index < -0.39 is 11.6 Å². The number of hydrogen-bond acceptors (Lipinski definition) is 2. The number of thiophene rings is 1. The SMILES string of the molecule is O=C(Cc1csc2ccccc12)c1ccc(F)c(F)c1. The van der Waals surface area contributed by atoms with E-state index >= 15 is 0 Å². The van der Waals surface area contributed by atoms with Crippen LogP contribution in [-0.2, 0) is 6.42 Å². The zero-order valence-corrected chi connectivity index (χ0v) is 11.2. The van der Waals surface area contributed by atoms with Gasteiger partial charge in [-0.05, 0) is 40.6 Å². The minimum absolute atomic E-state index is 0.190. The standard InChI is InChI=1S/C16H10F2OS/c17-13-6-5-10(7-14(13)18)15(19)8-11-9-20-16-4-2-1-3-12(11)16/h1-7,9H,8H2. The molecule has 4 heteroatoms. The van der Waals surface area contributed by atoms with Gasteiger partial charge >= 0.3 is 0 Å². The normalized spacial score (nSPS) is 10.9. The topological polar surface area (TPSA) is 17.1 Å². The van der Waals surface area contributed by atoms with Crippen molar-refractivity contribution in [2.75, 3.05) is 0 Å². The summed E-state index contributed by atoms with van der Waals surface area (Å²) in [4.78, 5) is 12.1. The van der Waals surface area contributed by atoms with Crippen molar-refractivity contribution in [1.29, 1.82) is 0 Å². The lowest BCUT2D eigenvalue weighted by Gasteiger charge is -2.01. The molecule has 0 fully saturated rings. The smallest absolute Gasteiger partial charge is 0.167 e. The number of hydrogen-bond donors (Lipinski definition) is 0. The largest absolute Gasteiger partial charge is 0.294 e. The van der Waals surface area contributed by atoms with Gasteiger partial charge in [-0.1, -0.05) is 18.2 Å². The van der Waals surface area contributed by atoms with Gasteiger partial charge in [0, 0.05) is 16.7 Å². The van der Waals surface area contributed by atoms with E-state index in [2.05, 4.69) is 0 Å². The second-order valence-electron chi connectivity index (χ2n) is 4.49. The molecule has 1 nitrogen and oxygen atoms in total. The Hall–Kier alpha value is -2.07. The number of halogens is 2. The van der Waals surface area contributed by atoms with Crippen LogP contribution in [0.25, 0.3) is 10.1 Å². The molecule has 2 aromatic carbocycles. The van der Waals surface area contributed by atoms with Crippen LogP contribution in [0.3, 0.4) is 0 Å². The number of carbonyl (C=O) groups excluding carboxylic acids is 1. The molecule has 0 spiro atoms. The Morgan fingerprint density at radius 1 is 1.05 bits per heavy atom. The molecule has 0 saturated heterocycles. The molecule has 0 saturated carbocycles. The highest BCUT2D eigenvalue weighted by molar-refractivity contribution is 7.17. The highest BCUT2D eigenvalue weighted by Crippen LogP contribution is 2.26. The van der Waals surface area contributed by atoms with Crippen molar-refractivity contribution in [1.82, 2.24) is 0 Å². The van der Waals surface area contributed by atoms with Crippen LogP contribution < -0.4 is 0 Å². The minimum atomic E-state index is -0.994. The van der Waals surface area contributed by atoms with E-state index in [-0.39, 0.29) is 17.8 Å². The van der Waals surface area contributed by atoms with Crippen LogP contribution in [0.15, 0.2) is 47.8 Å². The summed E-state index contributed by atoms with van der Waals surface area (Å²) in [6.07, 6.45) is 0.190. The Labute approximate surface area is 118 Å². The summed E-state index contributed by atoms with van der Waals surface area (Å²) >= 11 is 1.57. The van der Waals surface area contributed by atoms with Crippen molar-refractivity contribution < 1.29 is 13.6 Å². The summed E-state index contributed by atoms with van der Waals surface area (Å²) in [6.45, 7) is 0. The highest BCUT2D eigenvalue weighted by Gasteiger charge is 2.13. The molecule has 0 N–H and O–H groups in total. The van der Waals surface area contributed by atoms with Gasteiger partial charge in [0.25, 0.3) is 0 Å². The molecule has 0 bridgehead atoms. The van der Waals surface area contributed by atoms with Crippen molar-refractivity contribution in [3.05, 3.63) is 70.6 Å². The number of benzene rings is 2. The summed E-state index contributed by atoms with van der Waals surface area (Å²) in [5.74, 6) is -2.15. The number of fused-ring (bicyclic) bond motifs is 1. The van der Waals surface area contributed by atoms with Gasteiger partial charge in [0.05, 0.1) is 0 Å². The lowest BCUT2D eigenvalue weighted by atomic mass is 10.0. The zero-order chi connectivity index (χ0) is 14.1. The quantitative estimate of drug-likeness (QED) is 0.643. The first kappa shape index (κ1) is 12.9. The van der Waals surface area contributed by atoms with Crippen molar-refractivity contribution in [2.24, 2.45) is 0 Å². The highest BCUT2D eigenvalue weighted by atomic mass is 32.1. The minimum Gasteiger partial charge on any atom is -0.294 e. The number of carbonyl (C=O) groups is 1. The molecule has 0 aliphatic carbocycles. The molecule has 3 aromatic rings. The van der Waals surface area contributed by atoms with Crippen LogP contribution >= 0.6 is 11.3 Å². The molecule has 1 heterocycles. The van der Waals surface area contributed by atoms with E-state index in [1.54, 1.807) is 11.3 Å². The molecule has 3 rings (SSSR count). The summed E-state index contributed by atoms with van der Waals surface area (Å²) in [7, 11) is 0. The van der Waals surface area contributed by atoms with Gasteiger partial charge in [-0.25, -0.2) is 8.78 Å². The Bertz CT molecular complexity index is 792. The van der Waals surface area contributed by atoms with E-state index in [9.17, 15) is 13.6 Å². The summed E-state index contributed by atoms with van der Waals surface area (Å²) in [5.41, 5.74) is 1.11. The van der Waals surface area contributed by atoms with Crippen molar-refractivity contribution in [3.63, 3.8) is 0 Å². The van der Waals surface area contributed by atoms with Crippen molar-refractivity contribution in [3.8, 4) is 0 Å². The Balaban J connectivity index is 1.90. The van der Waals surface area contributed by atoms with E-state index in [0.29, 0.717) is 0 Å². The molecule has 0 aliphatic rings. The van der Waals surface area contributed by atoms with Crippen LogP contribution in [0.1, 0.15) is 15.9 Å². The van der Waals surface area contributed by atoms with Gasteiger partial charge in [-0.3, -0.25) is 4.79 Å². The van der Waals surface area contributed by atoms with E-state index in [4.69, 9.17) is 0 Å². The molecule has 20 heavy (non-hydrogen) atoms. The monoisotopic (exact) mass is 288 g/mol. The van der Waals surface area contributed by atoms with E-state index in [1.165, 1.54) is 6.07 Å². The predicted molar refractivity (Wildman–Crippen MR) is 76.2 cm³/mol. The zero-order valence-electron chi connectivity index (χ0n) is 10.4. The molecule has 0 atom stereocenters. The Morgan fingerprint density at radius 3 is 2.65 bits per heavy atom. The molecule has 0 unspecified atom stereocenters. The van der Waals surface area contributed by atoms with Gasteiger partial charge in [-0.2, -0.15) is 0 Å². The fourth-order valence-corrected chi connectivity index (χ4v) is 3.08.